The summed E-state index contributed by atoms with van der Waals surface area (Å²) in [4.78, 5) is 26.5. The Morgan fingerprint density at radius 3 is 2.41 bits per heavy atom. The van der Waals surface area contributed by atoms with Crippen molar-refractivity contribution >= 4 is 35.0 Å². The van der Waals surface area contributed by atoms with Crippen LogP contribution in [0.2, 0.25) is 10.0 Å². The van der Waals surface area contributed by atoms with Crippen LogP contribution in [0.5, 0.6) is 5.75 Å². The normalized spacial score (nSPS) is 11.6. The van der Waals surface area contributed by atoms with Crippen molar-refractivity contribution in [1.82, 2.24) is 10.2 Å². The highest BCUT2D eigenvalue weighted by Gasteiger charge is 2.26. The van der Waals surface area contributed by atoms with Crippen molar-refractivity contribution in [1.29, 1.82) is 0 Å². The van der Waals surface area contributed by atoms with E-state index in [2.05, 4.69) is 5.32 Å². The SMILES string of the molecule is CCNC(=O)[C@H](C)N(Cc1cccc(Cl)c1)C(=O)COc1cccc(Cl)c1. The van der Waals surface area contributed by atoms with E-state index in [1.54, 1.807) is 49.4 Å². The first-order chi connectivity index (χ1) is 12.9. The molecule has 5 nitrogen and oxygen atoms in total. The molecule has 27 heavy (non-hydrogen) atoms. The van der Waals surface area contributed by atoms with E-state index in [1.165, 1.54) is 4.90 Å². The molecular weight excluding hydrogens is 387 g/mol. The molecule has 0 aliphatic carbocycles. The maximum atomic E-state index is 12.8. The summed E-state index contributed by atoms with van der Waals surface area (Å²) >= 11 is 12.0. The van der Waals surface area contributed by atoms with Crippen LogP contribution in [0.3, 0.4) is 0 Å². The minimum Gasteiger partial charge on any atom is -0.484 e. The van der Waals surface area contributed by atoms with Gasteiger partial charge >= 0.3 is 0 Å². The largest absolute Gasteiger partial charge is 0.484 e. The minimum absolute atomic E-state index is 0.204. The fourth-order valence-electron chi connectivity index (χ4n) is 2.52. The molecule has 0 saturated heterocycles. The van der Waals surface area contributed by atoms with Gasteiger partial charge in [0, 0.05) is 23.1 Å². The zero-order valence-electron chi connectivity index (χ0n) is 15.2. The van der Waals surface area contributed by atoms with Crippen LogP contribution in [-0.4, -0.2) is 35.9 Å². The van der Waals surface area contributed by atoms with Crippen LogP contribution in [-0.2, 0) is 16.1 Å². The van der Waals surface area contributed by atoms with Crippen molar-refractivity contribution in [3.05, 3.63) is 64.1 Å². The van der Waals surface area contributed by atoms with Crippen LogP contribution in [0.1, 0.15) is 19.4 Å². The predicted molar refractivity (Wildman–Crippen MR) is 107 cm³/mol. The Morgan fingerprint density at radius 1 is 1.11 bits per heavy atom. The van der Waals surface area contributed by atoms with Gasteiger partial charge in [-0.1, -0.05) is 41.4 Å². The van der Waals surface area contributed by atoms with Gasteiger partial charge in [0.05, 0.1) is 0 Å². The summed E-state index contributed by atoms with van der Waals surface area (Å²) in [6.45, 7) is 4.05. The van der Waals surface area contributed by atoms with E-state index < -0.39 is 6.04 Å². The monoisotopic (exact) mass is 408 g/mol. The quantitative estimate of drug-likeness (QED) is 0.719. The molecule has 0 fully saturated rings. The molecule has 0 aliphatic rings. The van der Waals surface area contributed by atoms with E-state index in [9.17, 15) is 9.59 Å². The van der Waals surface area contributed by atoms with Gasteiger partial charge in [-0.2, -0.15) is 0 Å². The van der Waals surface area contributed by atoms with E-state index in [0.717, 1.165) is 5.56 Å². The number of nitrogens with zero attached hydrogens (tertiary/aromatic N) is 1. The Bertz CT molecular complexity index is 798. The average molecular weight is 409 g/mol. The Morgan fingerprint density at radius 2 is 1.78 bits per heavy atom. The molecule has 0 aliphatic heterocycles. The van der Waals surface area contributed by atoms with Gasteiger partial charge < -0.3 is 15.0 Å². The van der Waals surface area contributed by atoms with E-state index in [0.29, 0.717) is 22.3 Å². The van der Waals surface area contributed by atoms with Crippen molar-refractivity contribution in [2.24, 2.45) is 0 Å². The number of hydrogen-bond acceptors (Lipinski definition) is 3. The van der Waals surface area contributed by atoms with Gasteiger partial charge in [0.15, 0.2) is 6.61 Å². The van der Waals surface area contributed by atoms with Gasteiger partial charge in [0.25, 0.3) is 5.91 Å². The molecule has 1 N–H and O–H groups in total. The maximum Gasteiger partial charge on any atom is 0.261 e. The van der Waals surface area contributed by atoms with Crippen molar-refractivity contribution in [2.75, 3.05) is 13.2 Å². The molecule has 2 rings (SSSR count). The number of rotatable bonds is 8. The Hall–Kier alpha value is -2.24. The predicted octanol–water partition coefficient (Wildman–Crippen LogP) is 3.93. The molecule has 144 valence electrons. The summed E-state index contributed by atoms with van der Waals surface area (Å²) in [6.07, 6.45) is 0. The minimum atomic E-state index is -0.653. The molecule has 0 bridgehead atoms. The van der Waals surface area contributed by atoms with E-state index >= 15 is 0 Å². The Balaban J connectivity index is 2.14. The van der Waals surface area contributed by atoms with Crippen molar-refractivity contribution in [3.8, 4) is 5.75 Å². The lowest BCUT2D eigenvalue weighted by molar-refractivity contribution is -0.142. The molecule has 1 atom stereocenters. The molecule has 0 radical (unpaired) electrons. The summed E-state index contributed by atoms with van der Waals surface area (Å²) in [5, 5.41) is 3.83. The number of carbonyl (C=O) groups excluding carboxylic acids is 2. The van der Waals surface area contributed by atoms with Crippen molar-refractivity contribution in [3.63, 3.8) is 0 Å². The second-order valence-electron chi connectivity index (χ2n) is 5.97. The first-order valence-electron chi connectivity index (χ1n) is 8.60. The fraction of sp³-hybridized carbons (Fsp3) is 0.300. The number of likely N-dealkylation sites (N-methyl/N-ethyl adjacent to an activating group) is 1. The lowest BCUT2D eigenvalue weighted by Crippen LogP contribution is -2.49. The van der Waals surface area contributed by atoms with Gasteiger partial charge in [-0.3, -0.25) is 9.59 Å². The van der Waals surface area contributed by atoms with Crippen molar-refractivity contribution < 1.29 is 14.3 Å². The second-order valence-corrected chi connectivity index (χ2v) is 6.84. The first kappa shape index (κ1) is 21.1. The van der Waals surface area contributed by atoms with Gasteiger partial charge in [0.2, 0.25) is 5.91 Å². The summed E-state index contributed by atoms with van der Waals surface area (Å²) in [7, 11) is 0. The molecule has 2 amide bonds. The molecular formula is C20H22Cl2N2O3. The third-order valence-electron chi connectivity index (χ3n) is 3.92. The zero-order valence-corrected chi connectivity index (χ0v) is 16.8. The van der Waals surface area contributed by atoms with Gasteiger partial charge in [0.1, 0.15) is 11.8 Å². The van der Waals surface area contributed by atoms with Crippen LogP contribution < -0.4 is 10.1 Å². The lowest BCUT2D eigenvalue weighted by atomic mass is 10.1. The highest BCUT2D eigenvalue weighted by molar-refractivity contribution is 6.30. The smallest absolute Gasteiger partial charge is 0.261 e. The second kappa shape index (κ2) is 10.2. The summed E-state index contributed by atoms with van der Waals surface area (Å²) < 4.78 is 5.55. The maximum absolute atomic E-state index is 12.8. The molecule has 0 saturated carbocycles. The van der Waals surface area contributed by atoms with E-state index in [4.69, 9.17) is 27.9 Å². The highest BCUT2D eigenvalue weighted by atomic mass is 35.5. The lowest BCUT2D eigenvalue weighted by Gasteiger charge is -2.28. The molecule has 2 aromatic rings. The number of benzene rings is 2. The average Bonchev–Trinajstić information content (AvgIpc) is 2.64. The molecule has 0 heterocycles. The van der Waals surface area contributed by atoms with Gasteiger partial charge in [-0.05, 0) is 49.7 Å². The first-order valence-corrected chi connectivity index (χ1v) is 9.36. The molecule has 0 spiro atoms. The zero-order chi connectivity index (χ0) is 19.8. The summed E-state index contributed by atoms with van der Waals surface area (Å²) in [5.74, 6) is -0.0476. The Kier molecular flexibility index (Phi) is 7.95. The topological polar surface area (TPSA) is 58.6 Å². The number of amides is 2. The Labute approximate surface area is 169 Å². The third-order valence-corrected chi connectivity index (χ3v) is 4.39. The number of ether oxygens (including phenoxy) is 1. The summed E-state index contributed by atoms with van der Waals surface area (Å²) in [6, 6.07) is 13.3. The van der Waals surface area contributed by atoms with E-state index in [-0.39, 0.29) is 25.0 Å². The molecule has 7 heteroatoms. The number of nitrogens with one attached hydrogen (secondary N) is 1. The number of halogens is 2. The fourth-order valence-corrected chi connectivity index (χ4v) is 2.91. The van der Waals surface area contributed by atoms with Crippen LogP contribution in [0.15, 0.2) is 48.5 Å². The number of carbonyl (C=O) groups is 2. The van der Waals surface area contributed by atoms with Crippen LogP contribution >= 0.6 is 23.2 Å². The molecule has 0 unspecified atom stereocenters. The highest BCUT2D eigenvalue weighted by Crippen LogP contribution is 2.18. The number of hydrogen-bond donors (Lipinski definition) is 1. The van der Waals surface area contributed by atoms with Gasteiger partial charge in [-0.15, -0.1) is 0 Å². The van der Waals surface area contributed by atoms with Crippen LogP contribution in [0.4, 0.5) is 0 Å². The summed E-state index contributed by atoms with van der Waals surface area (Å²) in [5.41, 5.74) is 0.828. The molecule has 0 aromatic heterocycles. The van der Waals surface area contributed by atoms with E-state index in [1.807, 2.05) is 13.0 Å². The standard InChI is InChI=1S/C20H22Cl2N2O3/c1-3-23-20(26)14(2)24(12-15-6-4-7-16(21)10-15)19(25)13-27-18-9-5-8-17(22)11-18/h4-11,14H,3,12-13H2,1-2H3,(H,23,26)/t14-/m0/s1. The van der Waals surface area contributed by atoms with Crippen LogP contribution in [0, 0.1) is 0 Å². The van der Waals surface area contributed by atoms with Gasteiger partial charge in [-0.25, -0.2) is 0 Å². The third kappa shape index (κ3) is 6.45. The molecule has 2 aromatic carbocycles. The van der Waals surface area contributed by atoms with Crippen molar-refractivity contribution in [2.45, 2.75) is 26.4 Å². The van der Waals surface area contributed by atoms with Crippen LogP contribution in [0.25, 0.3) is 0 Å².